The molecule has 0 saturated carbocycles. The molecule has 1 atom stereocenters. The fraction of sp³-hybridized carbons (Fsp3) is 0.500. The SMILES string of the molecule is CCc1cc(OC2CCNC2)ccc1Cl. The molecule has 82 valence electrons. The van der Waals surface area contributed by atoms with Gasteiger partial charge < -0.3 is 10.1 Å². The third-order valence-electron chi connectivity index (χ3n) is 2.72. The third-order valence-corrected chi connectivity index (χ3v) is 3.08. The van der Waals surface area contributed by atoms with E-state index < -0.39 is 0 Å². The number of halogens is 1. The fourth-order valence-electron chi connectivity index (χ4n) is 1.82. The first-order valence-corrected chi connectivity index (χ1v) is 5.83. The Hall–Kier alpha value is -0.730. The van der Waals surface area contributed by atoms with Crippen molar-refractivity contribution in [3.63, 3.8) is 0 Å². The average Bonchev–Trinajstić information content (AvgIpc) is 2.73. The van der Waals surface area contributed by atoms with Crippen LogP contribution in [-0.4, -0.2) is 19.2 Å². The topological polar surface area (TPSA) is 21.3 Å². The van der Waals surface area contributed by atoms with Crippen LogP contribution in [-0.2, 0) is 6.42 Å². The van der Waals surface area contributed by atoms with Crippen LogP contribution in [0, 0.1) is 0 Å². The number of hydrogen-bond acceptors (Lipinski definition) is 2. The van der Waals surface area contributed by atoms with Gasteiger partial charge in [0, 0.05) is 11.6 Å². The van der Waals surface area contributed by atoms with Gasteiger partial charge in [-0.05, 0) is 43.1 Å². The van der Waals surface area contributed by atoms with Crippen LogP contribution in [0.5, 0.6) is 5.75 Å². The normalized spacial score (nSPS) is 20.5. The monoisotopic (exact) mass is 225 g/mol. The summed E-state index contributed by atoms with van der Waals surface area (Å²) in [7, 11) is 0. The molecule has 1 saturated heterocycles. The Morgan fingerprint density at radius 3 is 3.07 bits per heavy atom. The summed E-state index contributed by atoms with van der Waals surface area (Å²) in [5.41, 5.74) is 1.15. The molecule has 1 heterocycles. The predicted octanol–water partition coefficient (Wildman–Crippen LogP) is 2.64. The highest BCUT2D eigenvalue weighted by Gasteiger charge is 2.15. The van der Waals surface area contributed by atoms with Crippen molar-refractivity contribution >= 4 is 11.6 Å². The quantitative estimate of drug-likeness (QED) is 0.854. The lowest BCUT2D eigenvalue weighted by Gasteiger charge is -2.13. The molecule has 0 aliphatic carbocycles. The molecule has 0 aromatic heterocycles. The summed E-state index contributed by atoms with van der Waals surface area (Å²) < 4.78 is 5.85. The van der Waals surface area contributed by atoms with Crippen molar-refractivity contribution in [1.82, 2.24) is 5.32 Å². The molecule has 1 aromatic carbocycles. The van der Waals surface area contributed by atoms with E-state index in [2.05, 4.69) is 12.2 Å². The molecule has 0 radical (unpaired) electrons. The van der Waals surface area contributed by atoms with Crippen molar-refractivity contribution in [1.29, 1.82) is 0 Å². The van der Waals surface area contributed by atoms with Crippen LogP contribution >= 0.6 is 11.6 Å². The Balaban J connectivity index is 2.07. The number of ether oxygens (including phenoxy) is 1. The maximum absolute atomic E-state index is 6.05. The zero-order valence-corrected chi connectivity index (χ0v) is 9.68. The zero-order valence-electron chi connectivity index (χ0n) is 8.92. The average molecular weight is 226 g/mol. The van der Waals surface area contributed by atoms with E-state index in [4.69, 9.17) is 16.3 Å². The van der Waals surface area contributed by atoms with Gasteiger partial charge in [0.1, 0.15) is 11.9 Å². The molecule has 1 aliphatic rings. The molecule has 1 aliphatic heterocycles. The van der Waals surface area contributed by atoms with Crippen LogP contribution in [0.15, 0.2) is 18.2 Å². The van der Waals surface area contributed by atoms with E-state index in [1.54, 1.807) is 0 Å². The van der Waals surface area contributed by atoms with Gasteiger partial charge in [0.15, 0.2) is 0 Å². The summed E-state index contributed by atoms with van der Waals surface area (Å²) in [5.74, 6) is 0.935. The van der Waals surface area contributed by atoms with Crippen LogP contribution in [0.3, 0.4) is 0 Å². The van der Waals surface area contributed by atoms with Gasteiger partial charge in [-0.25, -0.2) is 0 Å². The Bertz CT molecular complexity index is 334. The molecule has 15 heavy (non-hydrogen) atoms. The number of benzene rings is 1. The Kier molecular flexibility index (Phi) is 3.49. The smallest absolute Gasteiger partial charge is 0.120 e. The van der Waals surface area contributed by atoms with Crippen molar-refractivity contribution in [3.8, 4) is 5.75 Å². The van der Waals surface area contributed by atoms with Gasteiger partial charge in [-0.1, -0.05) is 18.5 Å². The molecule has 3 heteroatoms. The first kappa shape index (κ1) is 10.8. The fourth-order valence-corrected chi connectivity index (χ4v) is 2.07. The van der Waals surface area contributed by atoms with Gasteiger partial charge in [-0.15, -0.1) is 0 Å². The van der Waals surface area contributed by atoms with Crippen LogP contribution in [0.2, 0.25) is 5.02 Å². The van der Waals surface area contributed by atoms with E-state index in [0.717, 1.165) is 42.3 Å². The summed E-state index contributed by atoms with van der Waals surface area (Å²) in [5, 5.41) is 4.11. The largest absolute Gasteiger partial charge is 0.489 e. The number of nitrogens with one attached hydrogen (secondary N) is 1. The molecular formula is C12H16ClNO. The molecule has 1 N–H and O–H groups in total. The maximum atomic E-state index is 6.05. The van der Waals surface area contributed by atoms with Gasteiger partial charge in [0.2, 0.25) is 0 Å². The summed E-state index contributed by atoms with van der Waals surface area (Å²) in [6.07, 6.45) is 2.35. The third kappa shape index (κ3) is 2.64. The van der Waals surface area contributed by atoms with E-state index in [1.165, 1.54) is 0 Å². The number of hydrogen-bond donors (Lipinski definition) is 1. The van der Waals surface area contributed by atoms with Crippen molar-refractivity contribution in [3.05, 3.63) is 28.8 Å². The Morgan fingerprint density at radius 1 is 1.53 bits per heavy atom. The van der Waals surface area contributed by atoms with E-state index in [9.17, 15) is 0 Å². The van der Waals surface area contributed by atoms with Gasteiger partial charge in [-0.2, -0.15) is 0 Å². The molecule has 1 fully saturated rings. The first-order chi connectivity index (χ1) is 7.29. The summed E-state index contributed by atoms with van der Waals surface area (Å²) in [6.45, 7) is 4.10. The second-order valence-electron chi connectivity index (χ2n) is 3.84. The lowest BCUT2D eigenvalue weighted by Crippen LogP contribution is -2.19. The van der Waals surface area contributed by atoms with Crippen LogP contribution in [0.4, 0.5) is 0 Å². The van der Waals surface area contributed by atoms with Gasteiger partial charge in [0.05, 0.1) is 0 Å². The number of rotatable bonds is 3. The minimum absolute atomic E-state index is 0.316. The van der Waals surface area contributed by atoms with Crippen molar-refractivity contribution in [2.75, 3.05) is 13.1 Å². The van der Waals surface area contributed by atoms with Gasteiger partial charge in [0.25, 0.3) is 0 Å². The lowest BCUT2D eigenvalue weighted by atomic mass is 10.1. The standard InChI is InChI=1S/C12H16ClNO/c1-2-9-7-10(3-4-12(9)13)15-11-5-6-14-8-11/h3-4,7,11,14H,2,5-6,8H2,1H3. The first-order valence-electron chi connectivity index (χ1n) is 5.45. The van der Waals surface area contributed by atoms with E-state index in [1.807, 2.05) is 18.2 Å². The molecule has 1 aromatic rings. The Labute approximate surface area is 95.6 Å². The van der Waals surface area contributed by atoms with Crippen LogP contribution in [0.1, 0.15) is 18.9 Å². The summed E-state index contributed by atoms with van der Waals surface area (Å²) in [4.78, 5) is 0. The summed E-state index contributed by atoms with van der Waals surface area (Å²) in [6, 6.07) is 5.90. The van der Waals surface area contributed by atoms with Crippen molar-refractivity contribution < 1.29 is 4.74 Å². The molecule has 1 unspecified atom stereocenters. The van der Waals surface area contributed by atoms with Crippen molar-refractivity contribution in [2.45, 2.75) is 25.9 Å². The molecule has 2 nitrogen and oxygen atoms in total. The second kappa shape index (κ2) is 4.86. The van der Waals surface area contributed by atoms with Crippen molar-refractivity contribution in [2.24, 2.45) is 0 Å². The highest BCUT2D eigenvalue weighted by Crippen LogP contribution is 2.23. The number of aryl methyl sites for hydroxylation is 1. The molecule has 0 bridgehead atoms. The predicted molar refractivity (Wildman–Crippen MR) is 62.7 cm³/mol. The van der Waals surface area contributed by atoms with Crippen LogP contribution in [0.25, 0.3) is 0 Å². The minimum atomic E-state index is 0.316. The Morgan fingerprint density at radius 2 is 2.40 bits per heavy atom. The molecular weight excluding hydrogens is 210 g/mol. The highest BCUT2D eigenvalue weighted by molar-refractivity contribution is 6.31. The second-order valence-corrected chi connectivity index (χ2v) is 4.25. The lowest BCUT2D eigenvalue weighted by molar-refractivity contribution is 0.223. The molecule has 2 rings (SSSR count). The highest BCUT2D eigenvalue weighted by atomic mass is 35.5. The summed E-state index contributed by atoms with van der Waals surface area (Å²) >= 11 is 6.05. The van der Waals surface area contributed by atoms with E-state index in [0.29, 0.717) is 6.10 Å². The van der Waals surface area contributed by atoms with Gasteiger partial charge >= 0.3 is 0 Å². The van der Waals surface area contributed by atoms with E-state index in [-0.39, 0.29) is 0 Å². The zero-order chi connectivity index (χ0) is 10.7. The molecule has 0 amide bonds. The molecule has 0 spiro atoms. The van der Waals surface area contributed by atoms with Gasteiger partial charge in [-0.3, -0.25) is 0 Å². The van der Waals surface area contributed by atoms with Crippen LogP contribution < -0.4 is 10.1 Å². The minimum Gasteiger partial charge on any atom is -0.489 e. The maximum Gasteiger partial charge on any atom is 0.120 e. The van der Waals surface area contributed by atoms with E-state index >= 15 is 0 Å².